The maximum absolute atomic E-state index is 11.1. The SMILES string of the molecule is NC(=O)OCCNC(=O)NCCCCC(=O)O. The van der Waals surface area contributed by atoms with Crippen LogP contribution < -0.4 is 16.4 Å². The number of nitrogens with two attached hydrogens (primary N) is 1. The molecule has 98 valence electrons. The molecule has 0 heterocycles. The molecular formula is C9H17N3O5. The predicted molar refractivity (Wildman–Crippen MR) is 58.4 cm³/mol. The fraction of sp³-hybridized carbons (Fsp3) is 0.667. The van der Waals surface area contributed by atoms with E-state index in [9.17, 15) is 14.4 Å². The number of urea groups is 1. The normalized spacial score (nSPS) is 9.41. The van der Waals surface area contributed by atoms with Crippen molar-refractivity contribution in [3.05, 3.63) is 0 Å². The molecule has 0 spiro atoms. The Bertz CT molecular complexity index is 269. The van der Waals surface area contributed by atoms with Crippen molar-refractivity contribution in [1.29, 1.82) is 0 Å². The molecule has 0 saturated carbocycles. The smallest absolute Gasteiger partial charge is 0.404 e. The summed E-state index contributed by atoms with van der Waals surface area (Å²) in [5.74, 6) is -0.849. The molecule has 0 aliphatic heterocycles. The quantitative estimate of drug-likeness (QED) is 0.435. The van der Waals surface area contributed by atoms with Crippen LogP contribution in [0.15, 0.2) is 0 Å². The van der Waals surface area contributed by atoms with E-state index >= 15 is 0 Å². The average molecular weight is 247 g/mol. The number of amides is 3. The van der Waals surface area contributed by atoms with Gasteiger partial charge in [-0.25, -0.2) is 9.59 Å². The highest BCUT2D eigenvalue weighted by Crippen LogP contribution is 1.92. The molecule has 3 amide bonds. The number of carboxylic acids is 1. The lowest BCUT2D eigenvalue weighted by Gasteiger charge is -2.06. The van der Waals surface area contributed by atoms with Crippen LogP contribution >= 0.6 is 0 Å². The molecule has 0 aliphatic rings. The van der Waals surface area contributed by atoms with Crippen LogP contribution in [-0.4, -0.2) is 42.9 Å². The molecule has 5 N–H and O–H groups in total. The average Bonchev–Trinajstić information content (AvgIpc) is 2.23. The first-order valence-corrected chi connectivity index (χ1v) is 5.18. The molecular weight excluding hydrogens is 230 g/mol. The minimum atomic E-state index is -0.888. The third kappa shape index (κ3) is 11.9. The van der Waals surface area contributed by atoms with Gasteiger partial charge in [0.1, 0.15) is 6.61 Å². The Morgan fingerprint density at radius 2 is 1.76 bits per heavy atom. The standard InChI is InChI=1S/C9H17N3O5/c10-8(15)17-6-5-12-9(16)11-4-2-1-3-7(13)14/h1-6H2,(H2,10,15)(H,13,14)(H2,11,12,16). The number of primary amides is 1. The van der Waals surface area contributed by atoms with Gasteiger partial charge in [0.05, 0.1) is 6.54 Å². The second-order valence-electron chi connectivity index (χ2n) is 3.20. The third-order valence-electron chi connectivity index (χ3n) is 1.73. The Kier molecular flexibility index (Phi) is 8.17. The molecule has 0 unspecified atom stereocenters. The Hall–Kier alpha value is -1.99. The highest BCUT2D eigenvalue weighted by atomic mass is 16.5. The summed E-state index contributed by atoms with van der Waals surface area (Å²) in [6.45, 7) is 0.585. The summed E-state index contributed by atoms with van der Waals surface area (Å²) >= 11 is 0. The van der Waals surface area contributed by atoms with Crippen LogP contribution in [0.1, 0.15) is 19.3 Å². The van der Waals surface area contributed by atoms with Gasteiger partial charge in [-0.1, -0.05) is 0 Å². The van der Waals surface area contributed by atoms with Crippen molar-refractivity contribution >= 4 is 18.1 Å². The Balaban J connectivity index is 3.29. The summed E-state index contributed by atoms with van der Waals surface area (Å²) in [7, 11) is 0. The van der Waals surface area contributed by atoms with Crippen molar-refractivity contribution in [2.24, 2.45) is 5.73 Å². The number of carboxylic acid groups (broad SMARTS) is 1. The Morgan fingerprint density at radius 1 is 1.12 bits per heavy atom. The largest absolute Gasteiger partial charge is 0.481 e. The number of carbonyl (C=O) groups is 3. The van der Waals surface area contributed by atoms with E-state index in [1.807, 2.05) is 0 Å². The number of nitrogens with one attached hydrogen (secondary N) is 2. The zero-order chi connectivity index (χ0) is 13.1. The molecule has 0 radical (unpaired) electrons. The van der Waals surface area contributed by atoms with Gasteiger partial charge in [-0.3, -0.25) is 4.79 Å². The molecule has 0 rings (SSSR count). The maximum Gasteiger partial charge on any atom is 0.404 e. The van der Waals surface area contributed by atoms with Crippen LogP contribution in [-0.2, 0) is 9.53 Å². The molecule has 17 heavy (non-hydrogen) atoms. The minimum absolute atomic E-state index is 0.0156. The van der Waals surface area contributed by atoms with E-state index in [2.05, 4.69) is 15.4 Å². The molecule has 8 nitrogen and oxygen atoms in total. The zero-order valence-electron chi connectivity index (χ0n) is 9.40. The van der Waals surface area contributed by atoms with Crippen LogP contribution in [0.4, 0.5) is 9.59 Å². The summed E-state index contributed by atoms with van der Waals surface area (Å²) in [6, 6.07) is -0.395. The van der Waals surface area contributed by atoms with Crippen molar-refractivity contribution in [1.82, 2.24) is 10.6 Å². The van der Waals surface area contributed by atoms with E-state index in [0.717, 1.165) is 0 Å². The van der Waals surface area contributed by atoms with Crippen LogP contribution in [0.2, 0.25) is 0 Å². The molecule has 0 atom stereocenters. The highest BCUT2D eigenvalue weighted by molar-refractivity contribution is 5.73. The lowest BCUT2D eigenvalue weighted by Crippen LogP contribution is -2.38. The van der Waals surface area contributed by atoms with Crippen molar-refractivity contribution in [3.63, 3.8) is 0 Å². The van der Waals surface area contributed by atoms with Gasteiger partial charge in [-0.05, 0) is 12.8 Å². The monoisotopic (exact) mass is 247 g/mol. The van der Waals surface area contributed by atoms with E-state index < -0.39 is 18.1 Å². The van der Waals surface area contributed by atoms with Gasteiger partial charge in [-0.2, -0.15) is 0 Å². The summed E-state index contributed by atoms with van der Waals surface area (Å²) < 4.78 is 4.39. The van der Waals surface area contributed by atoms with Gasteiger partial charge in [-0.15, -0.1) is 0 Å². The van der Waals surface area contributed by atoms with Crippen LogP contribution in [0.25, 0.3) is 0 Å². The number of carbonyl (C=O) groups excluding carboxylic acids is 2. The first-order valence-electron chi connectivity index (χ1n) is 5.18. The van der Waals surface area contributed by atoms with E-state index in [1.54, 1.807) is 0 Å². The van der Waals surface area contributed by atoms with Crippen molar-refractivity contribution in [2.75, 3.05) is 19.7 Å². The van der Waals surface area contributed by atoms with Gasteiger partial charge < -0.3 is 26.2 Å². The van der Waals surface area contributed by atoms with Gasteiger partial charge in [0.2, 0.25) is 0 Å². The van der Waals surface area contributed by atoms with Gasteiger partial charge in [0.15, 0.2) is 0 Å². The van der Waals surface area contributed by atoms with Gasteiger partial charge in [0.25, 0.3) is 0 Å². The molecule has 0 aromatic heterocycles. The lowest BCUT2D eigenvalue weighted by molar-refractivity contribution is -0.137. The highest BCUT2D eigenvalue weighted by Gasteiger charge is 2.00. The Labute approximate surface area is 98.5 Å². The number of rotatable bonds is 8. The summed E-state index contributed by atoms with van der Waals surface area (Å²) in [5.41, 5.74) is 4.71. The molecule has 0 aromatic rings. The number of aliphatic carboxylic acids is 1. The topological polar surface area (TPSA) is 131 Å². The number of ether oxygens (including phenoxy) is 1. The van der Waals surface area contributed by atoms with Gasteiger partial charge >= 0.3 is 18.1 Å². The summed E-state index contributed by atoms with van der Waals surface area (Å²) in [4.78, 5) is 31.4. The number of hydrogen-bond acceptors (Lipinski definition) is 4. The Morgan fingerprint density at radius 3 is 2.35 bits per heavy atom. The minimum Gasteiger partial charge on any atom is -0.481 e. The zero-order valence-corrected chi connectivity index (χ0v) is 9.40. The van der Waals surface area contributed by atoms with Gasteiger partial charge in [0, 0.05) is 13.0 Å². The maximum atomic E-state index is 11.1. The van der Waals surface area contributed by atoms with Crippen molar-refractivity contribution in [2.45, 2.75) is 19.3 Å². The number of unbranched alkanes of at least 4 members (excludes halogenated alkanes) is 1. The molecule has 0 bridgehead atoms. The molecule has 0 aromatic carbocycles. The van der Waals surface area contributed by atoms with Crippen molar-refractivity contribution < 1.29 is 24.2 Å². The molecule has 0 aliphatic carbocycles. The molecule has 8 heteroatoms. The third-order valence-corrected chi connectivity index (χ3v) is 1.73. The molecule has 0 saturated heterocycles. The fourth-order valence-corrected chi connectivity index (χ4v) is 0.982. The first kappa shape index (κ1) is 15.0. The van der Waals surface area contributed by atoms with E-state index in [0.29, 0.717) is 19.4 Å². The van der Waals surface area contributed by atoms with Crippen LogP contribution in [0.3, 0.4) is 0 Å². The van der Waals surface area contributed by atoms with Crippen LogP contribution in [0.5, 0.6) is 0 Å². The van der Waals surface area contributed by atoms with E-state index in [-0.39, 0.29) is 19.6 Å². The van der Waals surface area contributed by atoms with E-state index in [4.69, 9.17) is 10.8 Å². The second kappa shape index (κ2) is 9.25. The predicted octanol–water partition coefficient (Wildman–Crippen LogP) is -0.364. The fourth-order valence-electron chi connectivity index (χ4n) is 0.982. The first-order chi connectivity index (χ1) is 8.02. The lowest BCUT2D eigenvalue weighted by atomic mass is 10.2. The van der Waals surface area contributed by atoms with Crippen LogP contribution in [0, 0.1) is 0 Å². The van der Waals surface area contributed by atoms with E-state index in [1.165, 1.54) is 0 Å². The summed E-state index contributed by atoms with van der Waals surface area (Å²) in [5, 5.41) is 13.3. The number of hydrogen-bond donors (Lipinski definition) is 4. The summed E-state index contributed by atoms with van der Waals surface area (Å²) in [6.07, 6.45) is 0.314. The molecule has 0 fully saturated rings. The second-order valence-corrected chi connectivity index (χ2v) is 3.20. The van der Waals surface area contributed by atoms with Crippen molar-refractivity contribution in [3.8, 4) is 0 Å².